The van der Waals surface area contributed by atoms with E-state index < -0.39 is 24.6 Å². The van der Waals surface area contributed by atoms with Crippen molar-refractivity contribution in [3.63, 3.8) is 0 Å². The van der Waals surface area contributed by atoms with Crippen LogP contribution in [0.4, 0.5) is 9.18 Å². The first kappa shape index (κ1) is 11.9. The van der Waals surface area contributed by atoms with Crippen molar-refractivity contribution in [2.75, 3.05) is 6.61 Å². The Balaban J connectivity index is 3.00. The Morgan fingerprint density at radius 2 is 2.27 bits per heavy atom. The van der Waals surface area contributed by atoms with Crippen molar-refractivity contribution in [3.8, 4) is 0 Å². The van der Waals surface area contributed by atoms with Crippen molar-refractivity contribution in [2.24, 2.45) is 0 Å². The molecule has 1 aromatic rings. The highest BCUT2D eigenvalue weighted by Gasteiger charge is 2.17. The van der Waals surface area contributed by atoms with Crippen molar-refractivity contribution in [2.45, 2.75) is 6.04 Å². The Labute approximate surface area is 93.9 Å². The molecular formula is C9H9BrFNO3. The monoisotopic (exact) mass is 277 g/mol. The average molecular weight is 278 g/mol. The summed E-state index contributed by atoms with van der Waals surface area (Å²) in [4.78, 5) is 10.4. The largest absolute Gasteiger partial charge is 0.465 e. The lowest BCUT2D eigenvalue weighted by molar-refractivity contribution is 0.177. The number of aliphatic hydroxyl groups excluding tert-OH is 1. The topological polar surface area (TPSA) is 69.6 Å². The summed E-state index contributed by atoms with van der Waals surface area (Å²) in [5.41, 5.74) is 0.106. The standard InChI is InChI=1S/C9H9BrFNO3/c10-5-1-2-7(11)6(3-5)8(4-13)12-9(14)15/h1-3,8,12-13H,4H2,(H,14,15). The lowest BCUT2D eigenvalue weighted by Gasteiger charge is -2.15. The molecule has 0 aliphatic rings. The molecule has 6 heteroatoms. The molecule has 0 saturated carbocycles. The van der Waals surface area contributed by atoms with Gasteiger partial charge in [0.25, 0.3) is 0 Å². The molecule has 0 aliphatic heterocycles. The first-order valence-corrected chi connectivity index (χ1v) is 4.89. The van der Waals surface area contributed by atoms with Gasteiger partial charge in [0.1, 0.15) is 5.82 Å². The van der Waals surface area contributed by atoms with Gasteiger partial charge in [-0.2, -0.15) is 0 Å². The SMILES string of the molecule is O=C(O)NC(CO)c1cc(Br)ccc1F. The molecule has 15 heavy (non-hydrogen) atoms. The van der Waals surface area contributed by atoms with Crippen LogP contribution in [0.2, 0.25) is 0 Å². The number of benzene rings is 1. The van der Waals surface area contributed by atoms with Gasteiger partial charge in [-0.15, -0.1) is 0 Å². The summed E-state index contributed by atoms with van der Waals surface area (Å²) in [6.45, 7) is -0.500. The highest BCUT2D eigenvalue weighted by molar-refractivity contribution is 9.10. The summed E-state index contributed by atoms with van der Waals surface area (Å²) in [5.74, 6) is -0.564. The molecule has 1 rings (SSSR count). The summed E-state index contributed by atoms with van der Waals surface area (Å²) in [7, 11) is 0. The van der Waals surface area contributed by atoms with Crippen LogP contribution in [0, 0.1) is 5.82 Å². The van der Waals surface area contributed by atoms with E-state index in [4.69, 9.17) is 10.2 Å². The van der Waals surface area contributed by atoms with E-state index in [-0.39, 0.29) is 5.56 Å². The number of amides is 1. The van der Waals surface area contributed by atoms with E-state index in [1.165, 1.54) is 18.2 Å². The predicted octanol–water partition coefficient (Wildman–Crippen LogP) is 1.89. The smallest absolute Gasteiger partial charge is 0.405 e. The van der Waals surface area contributed by atoms with Crippen LogP contribution in [-0.4, -0.2) is 22.9 Å². The minimum atomic E-state index is -1.31. The molecule has 0 spiro atoms. The van der Waals surface area contributed by atoms with Gasteiger partial charge in [-0.1, -0.05) is 15.9 Å². The van der Waals surface area contributed by atoms with Crippen LogP contribution in [0.15, 0.2) is 22.7 Å². The molecule has 0 radical (unpaired) electrons. The molecule has 0 bridgehead atoms. The lowest BCUT2D eigenvalue weighted by Crippen LogP contribution is -2.29. The molecule has 3 N–H and O–H groups in total. The van der Waals surface area contributed by atoms with Gasteiger partial charge in [-0.25, -0.2) is 9.18 Å². The third kappa shape index (κ3) is 3.17. The second-order valence-corrected chi connectivity index (χ2v) is 3.77. The third-order valence-electron chi connectivity index (χ3n) is 1.81. The maximum Gasteiger partial charge on any atom is 0.405 e. The number of carbonyl (C=O) groups is 1. The van der Waals surface area contributed by atoms with Crippen LogP contribution in [0.25, 0.3) is 0 Å². The molecule has 1 aromatic carbocycles. The van der Waals surface area contributed by atoms with E-state index in [1.54, 1.807) is 0 Å². The first-order chi connectivity index (χ1) is 7.04. The van der Waals surface area contributed by atoms with Crippen molar-refractivity contribution in [1.29, 1.82) is 0 Å². The molecule has 0 saturated heterocycles. The van der Waals surface area contributed by atoms with Gasteiger partial charge in [-0.05, 0) is 18.2 Å². The molecule has 0 heterocycles. The number of carboxylic acid groups (broad SMARTS) is 1. The molecule has 82 valence electrons. The maximum absolute atomic E-state index is 13.3. The van der Waals surface area contributed by atoms with Crippen LogP contribution in [0.1, 0.15) is 11.6 Å². The minimum absolute atomic E-state index is 0.106. The van der Waals surface area contributed by atoms with E-state index in [2.05, 4.69) is 15.9 Å². The van der Waals surface area contributed by atoms with Gasteiger partial charge < -0.3 is 15.5 Å². The Kier molecular flexibility index (Phi) is 4.05. The van der Waals surface area contributed by atoms with Crippen LogP contribution >= 0.6 is 15.9 Å². The normalized spacial score (nSPS) is 12.2. The van der Waals surface area contributed by atoms with Gasteiger partial charge in [0.2, 0.25) is 0 Å². The number of halogens is 2. The van der Waals surface area contributed by atoms with Crippen molar-refractivity contribution >= 4 is 22.0 Å². The Morgan fingerprint density at radius 1 is 1.60 bits per heavy atom. The summed E-state index contributed by atoms with van der Waals surface area (Å²) in [6.07, 6.45) is -1.31. The van der Waals surface area contributed by atoms with Gasteiger partial charge in [0.05, 0.1) is 12.6 Å². The average Bonchev–Trinajstić information content (AvgIpc) is 2.18. The number of nitrogens with one attached hydrogen (secondary N) is 1. The van der Waals surface area contributed by atoms with Gasteiger partial charge in [0.15, 0.2) is 0 Å². The zero-order chi connectivity index (χ0) is 11.4. The zero-order valence-corrected chi connectivity index (χ0v) is 9.16. The Hall–Kier alpha value is -1.14. The molecule has 4 nitrogen and oxygen atoms in total. The fourth-order valence-electron chi connectivity index (χ4n) is 1.15. The number of rotatable bonds is 3. The van der Waals surface area contributed by atoms with Gasteiger partial charge in [-0.3, -0.25) is 0 Å². The number of hydrogen-bond acceptors (Lipinski definition) is 2. The summed E-state index contributed by atoms with van der Waals surface area (Å²) < 4.78 is 13.9. The van der Waals surface area contributed by atoms with Crippen LogP contribution in [0.3, 0.4) is 0 Å². The van der Waals surface area contributed by atoms with E-state index in [1.807, 2.05) is 5.32 Å². The summed E-state index contributed by atoms with van der Waals surface area (Å²) in [5, 5.41) is 19.4. The highest BCUT2D eigenvalue weighted by atomic mass is 79.9. The Bertz CT molecular complexity index is 372. The van der Waals surface area contributed by atoms with E-state index in [9.17, 15) is 9.18 Å². The molecule has 1 amide bonds. The van der Waals surface area contributed by atoms with Crippen molar-refractivity contribution in [3.05, 3.63) is 34.1 Å². The second-order valence-electron chi connectivity index (χ2n) is 2.85. The zero-order valence-electron chi connectivity index (χ0n) is 7.58. The first-order valence-electron chi connectivity index (χ1n) is 4.10. The summed E-state index contributed by atoms with van der Waals surface area (Å²) in [6, 6.07) is 3.16. The molecule has 1 unspecified atom stereocenters. The van der Waals surface area contributed by atoms with Crippen LogP contribution in [0.5, 0.6) is 0 Å². The fourth-order valence-corrected chi connectivity index (χ4v) is 1.53. The van der Waals surface area contributed by atoms with Gasteiger partial charge in [0, 0.05) is 10.0 Å². The quantitative estimate of drug-likeness (QED) is 0.790. The van der Waals surface area contributed by atoms with Crippen LogP contribution in [-0.2, 0) is 0 Å². The lowest BCUT2D eigenvalue weighted by atomic mass is 10.1. The molecule has 0 aliphatic carbocycles. The van der Waals surface area contributed by atoms with Gasteiger partial charge >= 0.3 is 6.09 Å². The predicted molar refractivity (Wildman–Crippen MR) is 55.1 cm³/mol. The van der Waals surface area contributed by atoms with E-state index in [0.717, 1.165) is 0 Å². The van der Waals surface area contributed by atoms with E-state index >= 15 is 0 Å². The molecule has 0 aromatic heterocycles. The maximum atomic E-state index is 13.3. The number of aliphatic hydroxyl groups is 1. The fraction of sp³-hybridized carbons (Fsp3) is 0.222. The molecule has 0 fully saturated rings. The van der Waals surface area contributed by atoms with Crippen LogP contribution < -0.4 is 5.32 Å². The Morgan fingerprint density at radius 3 is 2.80 bits per heavy atom. The van der Waals surface area contributed by atoms with Crippen molar-refractivity contribution in [1.82, 2.24) is 5.32 Å². The van der Waals surface area contributed by atoms with Crippen molar-refractivity contribution < 1.29 is 19.4 Å². The summed E-state index contributed by atoms with van der Waals surface area (Å²) >= 11 is 3.14. The minimum Gasteiger partial charge on any atom is -0.465 e. The highest BCUT2D eigenvalue weighted by Crippen LogP contribution is 2.21. The third-order valence-corrected chi connectivity index (χ3v) is 2.31. The van der Waals surface area contributed by atoms with E-state index in [0.29, 0.717) is 4.47 Å². The number of hydrogen-bond donors (Lipinski definition) is 3. The molecule has 1 atom stereocenters. The molecular weight excluding hydrogens is 269 g/mol. The second kappa shape index (κ2) is 5.09.